The van der Waals surface area contributed by atoms with Crippen LogP contribution in [0, 0.1) is 5.92 Å². The third-order valence-corrected chi connectivity index (χ3v) is 2.93. The summed E-state index contributed by atoms with van der Waals surface area (Å²) in [5, 5.41) is 18.1. The van der Waals surface area contributed by atoms with Gasteiger partial charge in [-0.15, -0.1) is 0 Å². The zero-order valence-corrected chi connectivity index (χ0v) is 12.3. The third kappa shape index (κ3) is 5.83. The number of rotatable bonds is 7. The summed E-state index contributed by atoms with van der Waals surface area (Å²) in [6.07, 6.45) is 0.299. The highest BCUT2D eigenvalue weighted by Crippen LogP contribution is 2.12. The monoisotopic (exact) mass is 294 g/mol. The highest BCUT2D eigenvalue weighted by Gasteiger charge is 2.23. The number of phenols is 1. The summed E-state index contributed by atoms with van der Waals surface area (Å²) in [5.74, 6) is -1.12. The van der Waals surface area contributed by atoms with Gasteiger partial charge in [0.1, 0.15) is 12.3 Å². The van der Waals surface area contributed by atoms with Crippen molar-refractivity contribution in [1.29, 1.82) is 0 Å². The fourth-order valence-corrected chi connectivity index (χ4v) is 2.04. The molecule has 0 aliphatic heterocycles. The van der Waals surface area contributed by atoms with Gasteiger partial charge in [0.25, 0.3) is 0 Å². The molecule has 1 aromatic rings. The Morgan fingerprint density at radius 2 is 1.81 bits per heavy atom. The van der Waals surface area contributed by atoms with E-state index in [1.54, 1.807) is 12.1 Å². The molecule has 1 rings (SSSR count). The SMILES string of the molecule is CC(C)CN(CC(=O)O)C(=O)[C@H](N)Cc1ccc(O)cc1. The fourth-order valence-electron chi connectivity index (χ4n) is 2.04. The number of phenolic OH excluding ortho intramolecular Hbond substituents is 1. The Morgan fingerprint density at radius 1 is 1.24 bits per heavy atom. The smallest absolute Gasteiger partial charge is 0.323 e. The zero-order valence-electron chi connectivity index (χ0n) is 12.3. The molecule has 1 atom stereocenters. The molecule has 1 amide bonds. The fraction of sp³-hybridized carbons (Fsp3) is 0.467. The summed E-state index contributed by atoms with van der Waals surface area (Å²) in [7, 11) is 0. The van der Waals surface area contributed by atoms with Crippen molar-refractivity contribution in [2.24, 2.45) is 11.7 Å². The van der Waals surface area contributed by atoms with Crippen LogP contribution >= 0.6 is 0 Å². The summed E-state index contributed by atoms with van der Waals surface area (Å²) in [4.78, 5) is 24.4. The molecule has 6 nitrogen and oxygen atoms in total. The molecule has 0 heterocycles. The number of aromatic hydroxyl groups is 1. The number of carbonyl (C=O) groups excluding carboxylic acids is 1. The summed E-state index contributed by atoms with van der Waals surface area (Å²) in [6.45, 7) is 3.83. The summed E-state index contributed by atoms with van der Waals surface area (Å²) in [5.41, 5.74) is 6.71. The Labute approximate surface area is 124 Å². The van der Waals surface area contributed by atoms with E-state index in [1.807, 2.05) is 13.8 Å². The molecule has 0 unspecified atom stereocenters. The molecular formula is C15H22N2O4. The number of carboxylic acid groups (broad SMARTS) is 1. The lowest BCUT2D eigenvalue weighted by Crippen LogP contribution is -2.48. The molecule has 0 aliphatic rings. The normalized spacial score (nSPS) is 12.2. The number of hydrogen-bond acceptors (Lipinski definition) is 4. The maximum atomic E-state index is 12.3. The van der Waals surface area contributed by atoms with E-state index in [0.29, 0.717) is 13.0 Å². The zero-order chi connectivity index (χ0) is 16.0. The molecule has 116 valence electrons. The molecule has 0 saturated carbocycles. The van der Waals surface area contributed by atoms with Crippen molar-refractivity contribution in [3.63, 3.8) is 0 Å². The van der Waals surface area contributed by atoms with Crippen molar-refractivity contribution in [3.05, 3.63) is 29.8 Å². The molecule has 4 N–H and O–H groups in total. The molecule has 1 aromatic carbocycles. The summed E-state index contributed by atoms with van der Waals surface area (Å²) in [6, 6.07) is 5.62. The van der Waals surface area contributed by atoms with Crippen LogP contribution in [-0.2, 0) is 16.0 Å². The van der Waals surface area contributed by atoms with Crippen LogP contribution in [0.3, 0.4) is 0 Å². The van der Waals surface area contributed by atoms with Crippen LogP contribution in [-0.4, -0.2) is 46.1 Å². The van der Waals surface area contributed by atoms with Gasteiger partial charge >= 0.3 is 5.97 Å². The first kappa shape index (κ1) is 17.0. The highest BCUT2D eigenvalue weighted by molar-refractivity contribution is 5.85. The highest BCUT2D eigenvalue weighted by atomic mass is 16.4. The van der Waals surface area contributed by atoms with E-state index in [2.05, 4.69) is 0 Å². The van der Waals surface area contributed by atoms with Crippen LogP contribution in [0.15, 0.2) is 24.3 Å². The largest absolute Gasteiger partial charge is 0.508 e. The predicted molar refractivity (Wildman–Crippen MR) is 78.8 cm³/mol. The Morgan fingerprint density at radius 3 is 2.29 bits per heavy atom. The van der Waals surface area contributed by atoms with Gasteiger partial charge in [-0.2, -0.15) is 0 Å². The van der Waals surface area contributed by atoms with Crippen molar-refractivity contribution >= 4 is 11.9 Å². The van der Waals surface area contributed by atoms with Gasteiger partial charge in [0, 0.05) is 6.54 Å². The number of amides is 1. The van der Waals surface area contributed by atoms with Gasteiger partial charge in [-0.1, -0.05) is 26.0 Å². The Hall–Kier alpha value is -2.08. The predicted octanol–water partition coefficient (Wildman–Crippen LogP) is 0.831. The van der Waals surface area contributed by atoms with E-state index >= 15 is 0 Å². The minimum absolute atomic E-state index is 0.144. The molecule has 0 saturated heterocycles. The standard InChI is InChI=1S/C15H22N2O4/c1-10(2)8-17(9-14(19)20)15(21)13(16)7-11-3-5-12(18)6-4-11/h3-6,10,13,18H,7-9,16H2,1-2H3,(H,19,20)/t13-/m1/s1. The summed E-state index contributed by atoms with van der Waals surface area (Å²) >= 11 is 0. The molecule has 0 spiro atoms. The first-order chi connectivity index (χ1) is 9.79. The second kappa shape index (κ2) is 7.64. The van der Waals surface area contributed by atoms with E-state index < -0.39 is 12.0 Å². The van der Waals surface area contributed by atoms with Crippen LogP contribution in [0.1, 0.15) is 19.4 Å². The number of nitrogens with two attached hydrogens (primary N) is 1. The van der Waals surface area contributed by atoms with Crippen LogP contribution in [0.25, 0.3) is 0 Å². The van der Waals surface area contributed by atoms with Crippen molar-refractivity contribution < 1.29 is 19.8 Å². The van der Waals surface area contributed by atoms with Crippen molar-refractivity contribution in [2.75, 3.05) is 13.1 Å². The van der Waals surface area contributed by atoms with E-state index in [4.69, 9.17) is 10.8 Å². The van der Waals surface area contributed by atoms with Crippen molar-refractivity contribution in [2.45, 2.75) is 26.3 Å². The lowest BCUT2D eigenvalue weighted by molar-refractivity contribution is -0.145. The minimum Gasteiger partial charge on any atom is -0.508 e. The second-order valence-electron chi connectivity index (χ2n) is 5.48. The molecule has 0 bridgehead atoms. The number of benzene rings is 1. The van der Waals surface area contributed by atoms with Gasteiger partial charge in [-0.3, -0.25) is 9.59 Å². The molecular weight excluding hydrogens is 272 g/mol. The lowest BCUT2D eigenvalue weighted by atomic mass is 10.0. The summed E-state index contributed by atoms with van der Waals surface area (Å²) < 4.78 is 0. The quantitative estimate of drug-likeness (QED) is 0.691. The Bertz CT molecular complexity index is 485. The topological polar surface area (TPSA) is 104 Å². The average molecular weight is 294 g/mol. The van der Waals surface area contributed by atoms with Crippen LogP contribution in [0.5, 0.6) is 5.75 Å². The average Bonchev–Trinajstić information content (AvgIpc) is 2.38. The van der Waals surface area contributed by atoms with E-state index in [0.717, 1.165) is 5.56 Å². The molecule has 6 heteroatoms. The number of carboxylic acids is 1. The van der Waals surface area contributed by atoms with Gasteiger partial charge in [-0.05, 0) is 30.0 Å². The van der Waals surface area contributed by atoms with Crippen molar-refractivity contribution in [3.8, 4) is 5.75 Å². The minimum atomic E-state index is -1.05. The van der Waals surface area contributed by atoms with Crippen molar-refractivity contribution in [1.82, 2.24) is 4.90 Å². The van der Waals surface area contributed by atoms with Crippen LogP contribution < -0.4 is 5.73 Å². The van der Waals surface area contributed by atoms with Gasteiger partial charge in [0.15, 0.2) is 0 Å². The second-order valence-corrected chi connectivity index (χ2v) is 5.48. The van der Waals surface area contributed by atoms with Gasteiger partial charge < -0.3 is 20.8 Å². The van der Waals surface area contributed by atoms with Crippen LogP contribution in [0.2, 0.25) is 0 Å². The third-order valence-electron chi connectivity index (χ3n) is 2.93. The molecule has 0 radical (unpaired) electrons. The number of aliphatic carboxylic acids is 1. The van der Waals surface area contributed by atoms with E-state index in [1.165, 1.54) is 17.0 Å². The lowest BCUT2D eigenvalue weighted by Gasteiger charge is -2.25. The molecule has 0 fully saturated rings. The van der Waals surface area contributed by atoms with E-state index in [-0.39, 0.29) is 24.1 Å². The number of nitrogens with zero attached hydrogens (tertiary/aromatic N) is 1. The molecule has 0 aromatic heterocycles. The van der Waals surface area contributed by atoms with Gasteiger partial charge in [-0.25, -0.2) is 0 Å². The maximum absolute atomic E-state index is 12.3. The van der Waals surface area contributed by atoms with Gasteiger partial charge in [0.2, 0.25) is 5.91 Å². The Kier molecular flexibility index (Phi) is 6.17. The molecule has 0 aliphatic carbocycles. The number of carbonyl (C=O) groups is 2. The van der Waals surface area contributed by atoms with E-state index in [9.17, 15) is 14.7 Å². The molecule has 21 heavy (non-hydrogen) atoms. The van der Waals surface area contributed by atoms with Gasteiger partial charge in [0.05, 0.1) is 6.04 Å². The maximum Gasteiger partial charge on any atom is 0.323 e. The Balaban J connectivity index is 2.72. The first-order valence-electron chi connectivity index (χ1n) is 6.83. The first-order valence-corrected chi connectivity index (χ1v) is 6.83. The number of hydrogen-bond donors (Lipinski definition) is 3. The van der Waals surface area contributed by atoms with Crippen LogP contribution in [0.4, 0.5) is 0 Å².